The van der Waals surface area contributed by atoms with Crippen molar-refractivity contribution in [3.8, 4) is 0 Å². The third-order valence-corrected chi connectivity index (χ3v) is 5.82. The fraction of sp³-hybridized carbons (Fsp3) is 0.286. The fourth-order valence-corrected chi connectivity index (χ4v) is 4.19. The van der Waals surface area contributed by atoms with Gasteiger partial charge < -0.3 is 5.11 Å². The van der Waals surface area contributed by atoms with Gasteiger partial charge in [-0.1, -0.05) is 23.7 Å². The van der Waals surface area contributed by atoms with Crippen molar-refractivity contribution in [3.05, 3.63) is 76.5 Å². The zero-order valence-electron chi connectivity index (χ0n) is 16.6. The maximum absolute atomic E-state index is 14.8. The van der Waals surface area contributed by atoms with Crippen LogP contribution in [0.15, 0.2) is 43.0 Å². The summed E-state index contributed by atoms with van der Waals surface area (Å²) in [6.07, 6.45) is 2.75. The van der Waals surface area contributed by atoms with Gasteiger partial charge in [0.1, 0.15) is 29.9 Å². The van der Waals surface area contributed by atoms with Gasteiger partial charge in [-0.2, -0.15) is 10.2 Å². The van der Waals surface area contributed by atoms with Crippen molar-refractivity contribution in [1.29, 1.82) is 0 Å². The number of hydrogen-bond donors (Lipinski definition) is 1. The lowest BCUT2D eigenvalue weighted by atomic mass is 9.86. The van der Waals surface area contributed by atoms with Gasteiger partial charge in [-0.3, -0.25) is 4.68 Å². The predicted octanol–water partition coefficient (Wildman–Crippen LogP) is 4.33. The Bertz CT molecular complexity index is 1220. The molecule has 156 valence electrons. The van der Waals surface area contributed by atoms with E-state index in [1.807, 2.05) is 19.9 Å². The second-order valence-corrected chi connectivity index (χ2v) is 7.84. The number of rotatable bonds is 5. The van der Waals surface area contributed by atoms with Crippen LogP contribution in [0.25, 0.3) is 10.9 Å². The summed E-state index contributed by atoms with van der Waals surface area (Å²) in [5.41, 5.74) is 0.462. The SMILES string of the molecule is Cc1nn([C@H](C)[C@](O)(Cn2cncn2)c2ccc(F)cc2F)c2c(C)ccc(Cl)c12. The van der Waals surface area contributed by atoms with Crippen molar-refractivity contribution >= 4 is 22.5 Å². The van der Waals surface area contributed by atoms with Gasteiger partial charge in [0.05, 0.1) is 28.8 Å². The lowest BCUT2D eigenvalue weighted by Crippen LogP contribution is -2.41. The second-order valence-electron chi connectivity index (χ2n) is 7.44. The molecule has 4 rings (SSSR count). The number of nitrogens with zero attached hydrogens (tertiary/aromatic N) is 5. The Morgan fingerprint density at radius 1 is 1.20 bits per heavy atom. The molecule has 30 heavy (non-hydrogen) atoms. The van der Waals surface area contributed by atoms with Crippen molar-refractivity contribution in [2.45, 2.75) is 39.0 Å². The first-order valence-electron chi connectivity index (χ1n) is 9.36. The van der Waals surface area contributed by atoms with E-state index in [9.17, 15) is 13.9 Å². The normalized spacial score (nSPS) is 14.8. The number of aliphatic hydroxyl groups is 1. The van der Waals surface area contributed by atoms with Crippen LogP contribution in [0.2, 0.25) is 5.02 Å². The van der Waals surface area contributed by atoms with Crippen molar-refractivity contribution < 1.29 is 13.9 Å². The molecule has 0 radical (unpaired) electrons. The van der Waals surface area contributed by atoms with Crippen LogP contribution in [0.4, 0.5) is 8.78 Å². The molecule has 0 aliphatic heterocycles. The van der Waals surface area contributed by atoms with Gasteiger partial charge in [-0.05, 0) is 38.5 Å². The molecule has 0 bridgehead atoms. The van der Waals surface area contributed by atoms with Crippen molar-refractivity contribution in [2.75, 3.05) is 0 Å². The highest BCUT2D eigenvalue weighted by Crippen LogP contribution is 2.40. The van der Waals surface area contributed by atoms with Crippen LogP contribution in [0.1, 0.15) is 29.8 Å². The van der Waals surface area contributed by atoms with Crippen LogP contribution in [-0.4, -0.2) is 29.7 Å². The molecular formula is C21H20ClF2N5O. The minimum Gasteiger partial charge on any atom is -0.381 e. The molecule has 6 nitrogen and oxygen atoms in total. The Morgan fingerprint density at radius 2 is 1.97 bits per heavy atom. The molecule has 2 aromatic carbocycles. The van der Waals surface area contributed by atoms with E-state index >= 15 is 0 Å². The standard InChI is InChI=1S/C21H20ClF2N5O/c1-12-4-7-17(22)19-13(2)27-29(20(12)19)14(3)21(30,9-28-11-25-10-26-28)16-6-5-15(23)8-18(16)24/h4-8,10-11,14,30H,9H2,1-3H3/t14-,21-/m1/s1. The third kappa shape index (κ3) is 3.26. The molecule has 0 saturated heterocycles. The second kappa shape index (κ2) is 7.45. The van der Waals surface area contributed by atoms with Gasteiger partial charge in [0.25, 0.3) is 0 Å². The van der Waals surface area contributed by atoms with Gasteiger partial charge >= 0.3 is 0 Å². The first-order valence-corrected chi connectivity index (χ1v) is 9.74. The molecule has 2 atom stereocenters. The third-order valence-electron chi connectivity index (χ3n) is 5.50. The quantitative estimate of drug-likeness (QED) is 0.510. The minimum absolute atomic E-state index is 0.0621. The Morgan fingerprint density at radius 3 is 2.63 bits per heavy atom. The molecule has 2 heterocycles. The summed E-state index contributed by atoms with van der Waals surface area (Å²) < 4.78 is 31.4. The van der Waals surface area contributed by atoms with E-state index < -0.39 is 23.3 Å². The summed E-state index contributed by atoms with van der Waals surface area (Å²) in [6.45, 7) is 5.35. The van der Waals surface area contributed by atoms with Crippen LogP contribution in [0.5, 0.6) is 0 Å². The molecule has 0 saturated carbocycles. The maximum atomic E-state index is 14.8. The van der Waals surface area contributed by atoms with E-state index in [4.69, 9.17) is 11.6 Å². The summed E-state index contributed by atoms with van der Waals surface area (Å²) in [7, 11) is 0. The van der Waals surface area contributed by atoms with Gasteiger partial charge in [-0.15, -0.1) is 0 Å². The average Bonchev–Trinajstić information content (AvgIpc) is 3.32. The number of benzene rings is 2. The highest BCUT2D eigenvalue weighted by Gasteiger charge is 2.41. The molecular weight excluding hydrogens is 412 g/mol. The number of halogens is 3. The molecule has 0 amide bonds. The molecule has 4 aromatic rings. The Labute approximate surface area is 176 Å². The number of hydrogen-bond acceptors (Lipinski definition) is 4. The first-order chi connectivity index (χ1) is 14.2. The van der Waals surface area contributed by atoms with Crippen LogP contribution in [0, 0.1) is 25.5 Å². The molecule has 0 fully saturated rings. The van der Waals surface area contributed by atoms with Gasteiger partial charge in [-0.25, -0.2) is 18.4 Å². The Kier molecular flexibility index (Phi) is 5.07. The topological polar surface area (TPSA) is 68.8 Å². The largest absolute Gasteiger partial charge is 0.381 e. The lowest BCUT2D eigenvalue weighted by molar-refractivity contribution is -0.0355. The molecule has 0 aliphatic carbocycles. The van der Waals surface area contributed by atoms with Crippen molar-refractivity contribution in [2.24, 2.45) is 0 Å². The van der Waals surface area contributed by atoms with Crippen LogP contribution in [-0.2, 0) is 12.1 Å². The lowest BCUT2D eigenvalue weighted by Gasteiger charge is -2.35. The van der Waals surface area contributed by atoms with Crippen LogP contribution >= 0.6 is 11.6 Å². The summed E-state index contributed by atoms with van der Waals surface area (Å²) in [5.74, 6) is -1.58. The zero-order valence-corrected chi connectivity index (χ0v) is 17.4. The summed E-state index contributed by atoms with van der Waals surface area (Å²) >= 11 is 6.40. The van der Waals surface area contributed by atoms with E-state index in [2.05, 4.69) is 15.2 Å². The highest BCUT2D eigenvalue weighted by molar-refractivity contribution is 6.35. The van der Waals surface area contributed by atoms with Gasteiger partial charge in [0.15, 0.2) is 0 Å². The summed E-state index contributed by atoms with van der Waals surface area (Å²) in [5, 5.41) is 21.8. The fourth-order valence-electron chi connectivity index (χ4n) is 3.90. The highest BCUT2D eigenvalue weighted by atomic mass is 35.5. The molecule has 0 unspecified atom stereocenters. The number of aromatic nitrogens is 5. The molecule has 0 spiro atoms. The van der Waals surface area contributed by atoms with Gasteiger partial charge in [0.2, 0.25) is 0 Å². The molecule has 1 N–H and O–H groups in total. The van der Waals surface area contributed by atoms with Crippen molar-refractivity contribution in [3.63, 3.8) is 0 Å². The Hall–Kier alpha value is -2.84. The molecule has 2 aromatic heterocycles. The molecule has 0 aliphatic rings. The van der Waals surface area contributed by atoms with E-state index in [-0.39, 0.29) is 12.1 Å². The Balaban J connectivity index is 1.94. The van der Waals surface area contributed by atoms with E-state index in [0.29, 0.717) is 10.7 Å². The maximum Gasteiger partial charge on any atom is 0.137 e. The van der Waals surface area contributed by atoms with Crippen LogP contribution in [0.3, 0.4) is 0 Å². The number of fused-ring (bicyclic) bond motifs is 1. The smallest absolute Gasteiger partial charge is 0.137 e. The van der Waals surface area contributed by atoms with Crippen LogP contribution < -0.4 is 0 Å². The van der Waals surface area contributed by atoms with Crippen molar-refractivity contribution in [1.82, 2.24) is 24.5 Å². The monoisotopic (exact) mass is 431 g/mol. The predicted molar refractivity (Wildman–Crippen MR) is 109 cm³/mol. The summed E-state index contributed by atoms with van der Waals surface area (Å²) in [6, 6.07) is 6.02. The number of aryl methyl sites for hydroxylation is 2. The van der Waals surface area contributed by atoms with E-state index in [1.165, 1.54) is 23.4 Å². The average molecular weight is 432 g/mol. The van der Waals surface area contributed by atoms with E-state index in [0.717, 1.165) is 28.6 Å². The van der Waals surface area contributed by atoms with Gasteiger partial charge in [0, 0.05) is 17.0 Å². The zero-order chi connectivity index (χ0) is 21.6. The molecule has 9 heteroatoms. The first kappa shape index (κ1) is 20.4. The minimum atomic E-state index is -1.81. The summed E-state index contributed by atoms with van der Waals surface area (Å²) in [4.78, 5) is 3.90. The van der Waals surface area contributed by atoms with E-state index in [1.54, 1.807) is 17.7 Å².